The molecule has 1 aromatic rings. The third-order valence-corrected chi connectivity index (χ3v) is 5.42. The van der Waals surface area contributed by atoms with Crippen molar-refractivity contribution >= 4 is 41.3 Å². The van der Waals surface area contributed by atoms with Crippen molar-refractivity contribution < 1.29 is 9.47 Å². The van der Waals surface area contributed by atoms with Crippen LogP contribution >= 0.6 is 35.3 Å². The molecule has 2 atom stereocenters. The van der Waals surface area contributed by atoms with Gasteiger partial charge in [-0.15, -0.1) is 24.0 Å². The van der Waals surface area contributed by atoms with Crippen LogP contribution in [0, 0.1) is 0 Å². The van der Waals surface area contributed by atoms with Crippen LogP contribution in [0.1, 0.15) is 38.3 Å². The number of rotatable bonds is 11. The second-order valence-electron chi connectivity index (χ2n) is 6.38. The van der Waals surface area contributed by atoms with Gasteiger partial charge in [-0.2, -0.15) is 11.3 Å². The van der Waals surface area contributed by atoms with Gasteiger partial charge in [0.2, 0.25) is 0 Å². The number of nitrogens with one attached hydrogen (secondary N) is 2. The summed E-state index contributed by atoms with van der Waals surface area (Å²) in [4.78, 5) is 6.82. The van der Waals surface area contributed by atoms with Crippen molar-refractivity contribution in [3.63, 3.8) is 0 Å². The van der Waals surface area contributed by atoms with E-state index >= 15 is 0 Å². The number of likely N-dealkylation sites (N-methyl/N-ethyl adjacent to an activating group) is 1. The van der Waals surface area contributed by atoms with Gasteiger partial charge in [0.1, 0.15) is 0 Å². The van der Waals surface area contributed by atoms with Gasteiger partial charge in [-0.3, -0.25) is 9.89 Å². The molecule has 1 aromatic heterocycles. The Morgan fingerprint density at radius 2 is 2.22 bits per heavy atom. The third-order valence-electron chi connectivity index (χ3n) is 4.72. The van der Waals surface area contributed by atoms with E-state index in [4.69, 9.17) is 9.47 Å². The largest absolute Gasteiger partial charge is 0.379 e. The molecule has 156 valence electrons. The van der Waals surface area contributed by atoms with Crippen LogP contribution in [-0.2, 0) is 9.47 Å². The van der Waals surface area contributed by atoms with Gasteiger partial charge in [-0.25, -0.2) is 0 Å². The Balaban J connectivity index is 0.00000364. The lowest BCUT2D eigenvalue weighted by atomic mass is 10.1. The van der Waals surface area contributed by atoms with Gasteiger partial charge < -0.3 is 20.1 Å². The number of aliphatic imine (C=N–C) groups is 1. The summed E-state index contributed by atoms with van der Waals surface area (Å²) < 4.78 is 11.1. The van der Waals surface area contributed by atoms with E-state index < -0.39 is 0 Å². The summed E-state index contributed by atoms with van der Waals surface area (Å²) in [7, 11) is 1.82. The van der Waals surface area contributed by atoms with Gasteiger partial charge in [-0.05, 0) is 48.3 Å². The molecule has 8 heteroatoms. The summed E-state index contributed by atoms with van der Waals surface area (Å²) in [6.45, 7) is 10.5. The van der Waals surface area contributed by atoms with E-state index in [9.17, 15) is 0 Å². The van der Waals surface area contributed by atoms with Crippen LogP contribution in [0.2, 0.25) is 0 Å². The zero-order valence-electron chi connectivity index (χ0n) is 16.8. The molecule has 0 aromatic carbocycles. The molecule has 0 bridgehead atoms. The molecule has 0 aliphatic carbocycles. The van der Waals surface area contributed by atoms with Crippen molar-refractivity contribution in [3.8, 4) is 0 Å². The average Bonchev–Trinajstić information content (AvgIpc) is 3.37. The fourth-order valence-electron chi connectivity index (χ4n) is 3.17. The minimum Gasteiger partial charge on any atom is -0.379 e. The van der Waals surface area contributed by atoms with Gasteiger partial charge in [0.15, 0.2) is 5.96 Å². The molecule has 27 heavy (non-hydrogen) atoms. The van der Waals surface area contributed by atoms with Crippen LogP contribution in [-0.4, -0.2) is 70.0 Å². The van der Waals surface area contributed by atoms with E-state index in [1.807, 2.05) is 7.05 Å². The maximum absolute atomic E-state index is 5.80. The van der Waals surface area contributed by atoms with Gasteiger partial charge in [0.25, 0.3) is 0 Å². The number of thiophene rings is 1. The Labute approximate surface area is 185 Å². The molecular formula is C19H35IN4O2S. The molecule has 6 nitrogen and oxygen atoms in total. The van der Waals surface area contributed by atoms with E-state index in [-0.39, 0.29) is 30.1 Å². The number of nitrogens with zero attached hydrogens (tertiary/aromatic N) is 2. The highest BCUT2D eigenvalue weighted by atomic mass is 127. The monoisotopic (exact) mass is 510 g/mol. The maximum Gasteiger partial charge on any atom is 0.191 e. The fraction of sp³-hybridized carbons (Fsp3) is 0.737. The lowest BCUT2D eigenvalue weighted by molar-refractivity contribution is 0.0420. The summed E-state index contributed by atoms with van der Waals surface area (Å²) in [6.07, 6.45) is 2.26. The molecule has 1 aliphatic heterocycles. The van der Waals surface area contributed by atoms with Crippen molar-refractivity contribution in [1.29, 1.82) is 0 Å². The van der Waals surface area contributed by atoms with Crippen molar-refractivity contribution in [3.05, 3.63) is 22.4 Å². The van der Waals surface area contributed by atoms with Crippen LogP contribution in [0.5, 0.6) is 0 Å². The third kappa shape index (κ3) is 8.64. The maximum atomic E-state index is 5.80. The van der Waals surface area contributed by atoms with E-state index in [0.29, 0.717) is 6.04 Å². The van der Waals surface area contributed by atoms with Crippen molar-refractivity contribution in [2.24, 2.45) is 4.99 Å². The van der Waals surface area contributed by atoms with Crippen LogP contribution < -0.4 is 10.6 Å². The first-order chi connectivity index (χ1) is 12.8. The average molecular weight is 510 g/mol. The van der Waals surface area contributed by atoms with Crippen LogP contribution in [0.25, 0.3) is 0 Å². The summed E-state index contributed by atoms with van der Waals surface area (Å²) in [5, 5.41) is 11.3. The Kier molecular flexibility index (Phi) is 13.3. The predicted molar refractivity (Wildman–Crippen MR) is 125 cm³/mol. The highest BCUT2D eigenvalue weighted by Crippen LogP contribution is 2.22. The van der Waals surface area contributed by atoms with Crippen molar-refractivity contribution in [2.75, 3.05) is 53.0 Å². The minimum atomic E-state index is 0. The molecular weight excluding hydrogens is 475 g/mol. The van der Waals surface area contributed by atoms with Gasteiger partial charge in [0, 0.05) is 33.4 Å². The zero-order chi connectivity index (χ0) is 18.6. The number of guanidine groups is 1. The molecule has 1 fully saturated rings. The topological polar surface area (TPSA) is 58.1 Å². The van der Waals surface area contributed by atoms with E-state index in [1.165, 1.54) is 5.56 Å². The molecule has 0 radical (unpaired) electrons. The summed E-state index contributed by atoms with van der Waals surface area (Å²) in [6, 6.07) is 2.58. The zero-order valence-corrected chi connectivity index (χ0v) is 19.9. The van der Waals surface area contributed by atoms with Gasteiger partial charge >= 0.3 is 0 Å². The van der Waals surface area contributed by atoms with Gasteiger partial charge in [-0.1, -0.05) is 13.8 Å². The minimum absolute atomic E-state index is 0. The lowest BCUT2D eigenvalue weighted by Gasteiger charge is -2.30. The van der Waals surface area contributed by atoms with Crippen LogP contribution in [0.15, 0.2) is 21.8 Å². The molecule has 2 N–H and O–H groups in total. The van der Waals surface area contributed by atoms with E-state index in [0.717, 1.165) is 64.8 Å². The molecule has 1 saturated heterocycles. The van der Waals surface area contributed by atoms with Crippen molar-refractivity contribution in [2.45, 2.75) is 38.8 Å². The Hall–Kier alpha value is -0.420. The number of halogens is 1. The predicted octanol–water partition coefficient (Wildman–Crippen LogP) is 3.11. The van der Waals surface area contributed by atoms with Gasteiger partial charge in [0.05, 0.1) is 18.8 Å². The number of hydrogen-bond donors (Lipinski definition) is 2. The summed E-state index contributed by atoms with van der Waals surface area (Å²) >= 11 is 1.75. The smallest absolute Gasteiger partial charge is 0.191 e. The number of ether oxygens (including phenoxy) is 2. The molecule has 2 unspecified atom stereocenters. The Morgan fingerprint density at radius 1 is 1.41 bits per heavy atom. The number of hydrogen-bond acceptors (Lipinski definition) is 5. The second kappa shape index (κ2) is 14.6. The molecule has 0 amide bonds. The first-order valence-electron chi connectivity index (χ1n) is 9.68. The van der Waals surface area contributed by atoms with E-state index in [1.54, 1.807) is 11.3 Å². The quantitative estimate of drug-likeness (QED) is 0.208. The molecule has 1 aliphatic rings. The summed E-state index contributed by atoms with van der Waals surface area (Å²) in [5.74, 6) is 0.849. The fourth-order valence-corrected chi connectivity index (χ4v) is 3.88. The van der Waals surface area contributed by atoms with E-state index in [2.05, 4.69) is 51.2 Å². The second-order valence-corrected chi connectivity index (χ2v) is 7.16. The van der Waals surface area contributed by atoms with Crippen LogP contribution in [0.4, 0.5) is 0 Å². The Bertz CT molecular complexity index is 506. The SMILES string of the molecule is CCN(CC)C(CNC(=NC)NCCCOC1CCOC1)c1ccsc1.I. The Morgan fingerprint density at radius 3 is 2.81 bits per heavy atom. The summed E-state index contributed by atoms with van der Waals surface area (Å²) in [5.41, 5.74) is 1.37. The molecule has 0 saturated carbocycles. The lowest BCUT2D eigenvalue weighted by Crippen LogP contribution is -2.43. The molecule has 2 rings (SSSR count). The molecule has 2 heterocycles. The first kappa shape index (κ1) is 24.6. The standard InChI is InChI=1S/C19H34N4O2S.HI/c1-4-23(5-2)18(16-8-12-26-15-16)13-22-19(20-3)21-9-6-10-25-17-7-11-24-14-17;/h8,12,15,17-18H,4-7,9-11,13-14H2,1-3H3,(H2,20,21,22);1H. The van der Waals surface area contributed by atoms with Crippen molar-refractivity contribution in [1.82, 2.24) is 15.5 Å². The van der Waals surface area contributed by atoms with Crippen LogP contribution in [0.3, 0.4) is 0 Å². The molecule has 0 spiro atoms. The highest BCUT2D eigenvalue weighted by Gasteiger charge is 2.19. The first-order valence-corrected chi connectivity index (χ1v) is 10.6. The normalized spacial score (nSPS) is 18.4. The highest BCUT2D eigenvalue weighted by molar-refractivity contribution is 14.0.